The van der Waals surface area contributed by atoms with E-state index in [9.17, 15) is 18.0 Å². The van der Waals surface area contributed by atoms with Gasteiger partial charge in [-0.05, 0) is 30.2 Å². The van der Waals surface area contributed by atoms with Crippen LogP contribution in [0.2, 0.25) is 0 Å². The van der Waals surface area contributed by atoms with Crippen molar-refractivity contribution in [3.8, 4) is 0 Å². The number of morpholine rings is 1. The summed E-state index contributed by atoms with van der Waals surface area (Å²) >= 11 is 0. The van der Waals surface area contributed by atoms with Crippen molar-refractivity contribution in [2.45, 2.75) is 13.3 Å². The van der Waals surface area contributed by atoms with Crippen molar-refractivity contribution in [1.82, 2.24) is 4.90 Å². The molecule has 0 unspecified atom stereocenters. The lowest BCUT2D eigenvalue weighted by atomic mass is 10.1. The highest BCUT2D eigenvalue weighted by Gasteiger charge is 2.25. The van der Waals surface area contributed by atoms with Crippen LogP contribution in [-0.4, -0.2) is 64.2 Å². The molecule has 166 valence electrons. The first-order chi connectivity index (χ1) is 14.8. The van der Waals surface area contributed by atoms with Gasteiger partial charge in [-0.25, -0.2) is 8.42 Å². The average Bonchev–Trinajstić information content (AvgIpc) is 2.77. The predicted molar refractivity (Wildman–Crippen MR) is 120 cm³/mol. The Labute approximate surface area is 182 Å². The third kappa shape index (κ3) is 5.62. The number of nitrogens with zero attached hydrogens (tertiary/aromatic N) is 2. The molecule has 1 heterocycles. The molecule has 31 heavy (non-hydrogen) atoms. The van der Waals surface area contributed by atoms with Crippen LogP contribution in [0.15, 0.2) is 48.5 Å². The minimum absolute atomic E-state index is 0.199. The minimum atomic E-state index is -3.70. The molecule has 1 fully saturated rings. The molecular formula is C22H27N3O5S. The molecular weight excluding hydrogens is 418 g/mol. The van der Waals surface area contributed by atoms with Gasteiger partial charge in [-0.15, -0.1) is 0 Å². The fourth-order valence-electron chi connectivity index (χ4n) is 3.47. The molecule has 2 amide bonds. The van der Waals surface area contributed by atoms with Crippen LogP contribution in [0.3, 0.4) is 0 Å². The minimum Gasteiger partial charge on any atom is -0.378 e. The van der Waals surface area contributed by atoms with Gasteiger partial charge in [-0.1, -0.05) is 37.3 Å². The maximum absolute atomic E-state index is 12.9. The van der Waals surface area contributed by atoms with E-state index in [1.165, 1.54) is 0 Å². The fraction of sp³-hybridized carbons (Fsp3) is 0.364. The van der Waals surface area contributed by atoms with Crippen molar-refractivity contribution >= 4 is 33.2 Å². The molecule has 8 nitrogen and oxygen atoms in total. The summed E-state index contributed by atoms with van der Waals surface area (Å²) in [6.07, 6.45) is 1.70. The van der Waals surface area contributed by atoms with Gasteiger partial charge in [-0.3, -0.25) is 13.9 Å². The lowest BCUT2D eigenvalue weighted by molar-refractivity contribution is -0.114. The molecule has 9 heteroatoms. The van der Waals surface area contributed by atoms with E-state index in [-0.39, 0.29) is 5.91 Å². The Morgan fingerprint density at radius 1 is 1.06 bits per heavy atom. The standard InChI is InChI=1S/C22H27N3O5S/c1-3-17-8-4-7-11-20(17)25(31(2,28)29)16-21(26)23-19-10-6-5-9-18(19)22(27)24-12-14-30-15-13-24/h4-11H,3,12-16H2,1-2H3,(H,23,26). The van der Waals surface area contributed by atoms with Crippen LogP contribution in [0.25, 0.3) is 0 Å². The molecule has 1 N–H and O–H groups in total. The molecule has 0 bridgehead atoms. The summed E-state index contributed by atoms with van der Waals surface area (Å²) in [5.74, 6) is -0.728. The van der Waals surface area contributed by atoms with Crippen LogP contribution >= 0.6 is 0 Å². The van der Waals surface area contributed by atoms with Gasteiger partial charge in [0.05, 0.1) is 36.4 Å². The lowest BCUT2D eigenvalue weighted by Gasteiger charge is -2.28. The van der Waals surface area contributed by atoms with Gasteiger partial charge in [0.2, 0.25) is 15.9 Å². The van der Waals surface area contributed by atoms with Crippen LogP contribution < -0.4 is 9.62 Å². The Kier molecular flexibility index (Phi) is 7.29. The van der Waals surface area contributed by atoms with Crippen molar-refractivity contribution in [2.75, 3.05) is 48.7 Å². The summed E-state index contributed by atoms with van der Waals surface area (Å²) in [6, 6.07) is 13.8. The number of hydrogen-bond acceptors (Lipinski definition) is 5. The molecule has 0 spiro atoms. The van der Waals surface area contributed by atoms with E-state index in [1.54, 1.807) is 41.3 Å². The Bertz CT molecular complexity index is 1050. The van der Waals surface area contributed by atoms with Gasteiger partial charge < -0.3 is 15.0 Å². The molecule has 3 rings (SSSR count). The second-order valence-electron chi connectivity index (χ2n) is 7.25. The van der Waals surface area contributed by atoms with Gasteiger partial charge in [0, 0.05) is 13.1 Å². The monoisotopic (exact) mass is 445 g/mol. The van der Waals surface area contributed by atoms with Gasteiger partial charge in [0.15, 0.2) is 0 Å². The van der Waals surface area contributed by atoms with E-state index in [2.05, 4.69) is 5.32 Å². The zero-order chi connectivity index (χ0) is 22.4. The maximum atomic E-state index is 12.9. The van der Waals surface area contributed by atoms with Crippen molar-refractivity contribution in [3.63, 3.8) is 0 Å². The number of para-hydroxylation sites is 2. The van der Waals surface area contributed by atoms with E-state index >= 15 is 0 Å². The van der Waals surface area contributed by atoms with E-state index < -0.39 is 22.5 Å². The smallest absolute Gasteiger partial charge is 0.256 e. The largest absolute Gasteiger partial charge is 0.378 e. The highest BCUT2D eigenvalue weighted by molar-refractivity contribution is 7.92. The summed E-state index contributed by atoms with van der Waals surface area (Å²) < 4.78 is 31.3. The van der Waals surface area contributed by atoms with Crippen LogP contribution in [0, 0.1) is 0 Å². The maximum Gasteiger partial charge on any atom is 0.256 e. The summed E-state index contributed by atoms with van der Waals surface area (Å²) in [5, 5.41) is 2.72. The molecule has 0 saturated carbocycles. The molecule has 2 aromatic rings. The number of hydrogen-bond donors (Lipinski definition) is 1. The number of amides is 2. The Morgan fingerprint density at radius 3 is 2.39 bits per heavy atom. The summed E-state index contributed by atoms with van der Waals surface area (Å²) in [6.45, 7) is 3.44. The van der Waals surface area contributed by atoms with Crippen LogP contribution in [-0.2, 0) is 26.0 Å². The average molecular weight is 446 g/mol. The molecule has 2 aromatic carbocycles. The first kappa shape index (κ1) is 22.8. The number of nitrogens with one attached hydrogen (secondary N) is 1. The normalized spacial score (nSPS) is 14.2. The second kappa shape index (κ2) is 9.93. The SMILES string of the molecule is CCc1ccccc1N(CC(=O)Nc1ccccc1C(=O)N1CCOCC1)S(C)(=O)=O. The molecule has 0 aliphatic carbocycles. The number of benzene rings is 2. The van der Waals surface area contributed by atoms with Crippen LogP contribution in [0.1, 0.15) is 22.8 Å². The van der Waals surface area contributed by atoms with E-state index in [4.69, 9.17) is 4.74 Å². The first-order valence-corrected chi connectivity index (χ1v) is 12.0. The number of carbonyl (C=O) groups excluding carboxylic acids is 2. The highest BCUT2D eigenvalue weighted by atomic mass is 32.2. The van der Waals surface area contributed by atoms with Crippen LogP contribution in [0.5, 0.6) is 0 Å². The zero-order valence-electron chi connectivity index (χ0n) is 17.7. The highest BCUT2D eigenvalue weighted by Crippen LogP contribution is 2.24. The Morgan fingerprint density at radius 2 is 1.71 bits per heavy atom. The number of sulfonamides is 1. The number of rotatable bonds is 7. The number of carbonyl (C=O) groups is 2. The Hall–Kier alpha value is -2.91. The number of aryl methyl sites for hydroxylation is 1. The fourth-order valence-corrected chi connectivity index (χ4v) is 4.36. The Balaban J connectivity index is 1.81. The van der Waals surface area contributed by atoms with Gasteiger partial charge in [-0.2, -0.15) is 0 Å². The van der Waals surface area contributed by atoms with Crippen molar-refractivity contribution < 1.29 is 22.7 Å². The van der Waals surface area contributed by atoms with Gasteiger partial charge in [0.1, 0.15) is 6.54 Å². The quantitative estimate of drug-likeness (QED) is 0.704. The summed E-state index contributed by atoms with van der Waals surface area (Å²) in [4.78, 5) is 27.4. The topological polar surface area (TPSA) is 96.0 Å². The van der Waals surface area contributed by atoms with E-state index in [0.717, 1.165) is 16.1 Å². The van der Waals surface area contributed by atoms with Gasteiger partial charge >= 0.3 is 0 Å². The van der Waals surface area contributed by atoms with Crippen molar-refractivity contribution in [2.24, 2.45) is 0 Å². The third-order valence-electron chi connectivity index (χ3n) is 5.06. The van der Waals surface area contributed by atoms with Crippen molar-refractivity contribution in [3.05, 3.63) is 59.7 Å². The zero-order valence-corrected chi connectivity index (χ0v) is 18.5. The molecule has 0 radical (unpaired) electrons. The molecule has 0 atom stereocenters. The van der Waals surface area contributed by atoms with Crippen LogP contribution in [0.4, 0.5) is 11.4 Å². The molecule has 1 aliphatic rings. The first-order valence-electron chi connectivity index (χ1n) is 10.1. The number of ether oxygens (including phenoxy) is 1. The second-order valence-corrected chi connectivity index (χ2v) is 9.16. The summed E-state index contributed by atoms with van der Waals surface area (Å²) in [7, 11) is -3.70. The molecule has 1 saturated heterocycles. The third-order valence-corrected chi connectivity index (χ3v) is 6.19. The summed E-state index contributed by atoms with van der Waals surface area (Å²) in [5.41, 5.74) is 2.00. The molecule has 0 aromatic heterocycles. The number of anilines is 2. The lowest BCUT2D eigenvalue weighted by Crippen LogP contribution is -2.41. The predicted octanol–water partition coefficient (Wildman–Crippen LogP) is 2.13. The van der Waals surface area contributed by atoms with E-state index in [0.29, 0.717) is 49.7 Å². The van der Waals surface area contributed by atoms with E-state index in [1.807, 2.05) is 19.1 Å². The van der Waals surface area contributed by atoms with Gasteiger partial charge in [0.25, 0.3) is 5.91 Å². The molecule has 1 aliphatic heterocycles. The van der Waals surface area contributed by atoms with Crippen molar-refractivity contribution in [1.29, 1.82) is 0 Å².